The van der Waals surface area contributed by atoms with Gasteiger partial charge in [0.05, 0.1) is 30.1 Å². The van der Waals surface area contributed by atoms with E-state index in [4.69, 9.17) is 10.5 Å². The summed E-state index contributed by atoms with van der Waals surface area (Å²) >= 11 is 1.24. The number of hydrogen-bond donors (Lipinski definition) is 1. The Hall–Kier alpha value is -3.99. The number of carbonyl (C=O) groups is 2. The zero-order valence-corrected chi connectivity index (χ0v) is 19.0. The third-order valence-corrected chi connectivity index (χ3v) is 5.99. The number of thioether (sulfide) groups is 1. The van der Waals surface area contributed by atoms with Crippen LogP contribution in [0.3, 0.4) is 0 Å². The summed E-state index contributed by atoms with van der Waals surface area (Å²) in [6.07, 6.45) is 3.04. The Balaban J connectivity index is 1.54. The van der Waals surface area contributed by atoms with Gasteiger partial charge in [-0.1, -0.05) is 11.8 Å². The highest BCUT2D eigenvalue weighted by molar-refractivity contribution is 8.00. The fourth-order valence-corrected chi connectivity index (χ4v) is 4.14. The molecule has 0 aliphatic carbocycles. The number of hydrogen-bond acceptors (Lipinski definition) is 7. The van der Waals surface area contributed by atoms with Crippen LogP contribution < -0.4 is 15.4 Å². The highest BCUT2D eigenvalue weighted by Gasteiger charge is 2.19. The summed E-state index contributed by atoms with van der Waals surface area (Å²) in [5, 5.41) is 5.60. The standard InChI is InChI=1S/C23H21FN6O3S/c1-33-18-8-6-16(7-9-18)29(11-10-20(25)31)21(32)13-34-23-19-12-28-30(22(19)26-14-27-23)17-4-2-15(24)3-5-17/h2-9,12,14H,10-11,13H2,1H3,(H2,25,31). The Bertz CT molecular complexity index is 1310. The summed E-state index contributed by atoms with van der Waals surface area (Å²) in [4.78, 5) is 34.6. The van der Waals surface area contributed by atoms with Gasteiger partial charge < -0.3 is 15.4 Å². The number of benzene rings is 2. The van der Waals surface area contributed by atoms with Crippen molar-refractivity contribution in [2.45, 2.75) is 11.4 Å². The maximum Gasteiger partial charge on any atom is 0.237 e. The number of amides is 2. The van der Waals surface area contributed by atoms with Gasteiger partial charge in [-0.15, -0.1) is 0 Å². The molecular formula is C23H21FN6O3S. The number of methoxy groups -OCH3 is 1. The first kappa shape index (κ1) is 23.2. The lowest BCUT2D eigenvalue weighted by atomic mass is 10.2. The van der Waals surface area contributed by atoms with E-state index in [1.54, 1.807) is 54.4 Å². The summed E-state index contributed by atoms with van der Waals surface area (Å²) in [5.74, 6) is -0.332. The average Bonchev–Trinajstić information content (AvgIpc) is 3.28. The van der Waals surface area contributed by atoms with Crippen molar-refractivity contribution in [3.63, 3.8) is 0 Å². The molecule has 2 aromatic heterocycles. The van der Waals surface area contributed by atoms with Crippen LogP contribution >= 0.6 is 11.8 Å². The monoisotopic (exact) mass is 480 g/mol. The van der Waals surface area contributed by atoms with Crippen LogP contribution in [0.15, 0.2) is 66.1 Å². The number of primary amides is 1. The second-order valence-corrected chi connectivity index (χ2v) is 8.16. The molecule has 0 saturated heterocycles. The summed E-state index contributed by atoms with van der Waals surface area (Å²) in [6, 6.07) is 12.9. The van der Waals surface area contributed by atoms with Gasteiger partial charge in [0.2, 0.25) is 11.8 Å². The van der Waals surface area contributed by atoms with Crippen LogP contribution in [0.2, 0.25) is 0 Å². The fourth-order valence-electron chi connectivity index (χ4n) is 3.30. The Kier molecular flexibility index (Phi) is 7.02. The highest BCUT2D eigenvalue weighted by atomic mass is 32.2. The lowest BCUT2D eigenvalue weighted by Crippen LogP contribution is -2.35. The Labute approximate surface area is 198 Å². The molecule has 0 unspecified atom stereocenters. The van der Waals surface area contributed by atoms with Crippen LogP contribution in [0.4, 0.5) is 10.1 Å². The van der Waals surface area contributed by atoms with Crippen molar-refractivity contribution < 1.29 is 18.7 Å². The number of aromatic nitrogens is 4. The van der Waals surface area contributed by atoms with E-state index in [0.717, 1.165) is 0 Å². The lowest BCUT2D eigenvalue weighted by molar-refractivity contribution is -0.118. The maximum atomic E-state index is 13.3. The Morgan fingerprint density at radius 2 is 1.85 bits per heavy atom. The van der Waals surface area contributed by atoms with E-state index in [0.29, 0.717) is 33.2 Å². The number of nitrogens with two attached hydrogens (primary N) is 1. The van der Waals surface area contributed by atoms with Crippen molar-refractivity contribution in [3.8, 4) is 11.4 Å². The molecule has 0 bridgehead atoms. The summed E-state index contributed by atoms with van der Waals surface area (Å²) in [5.41, 5.74) is 7.12. The molecule has 11 heteroatoms. The van der Waals surface area contributed by atoms with Crippen molar-refractivity contribution in [3.05, 3.63) is 66.9 Å². The van der Waals surface area contributed by atoms with Gasteiger partial charge in [0.15, 0.2) is 5.65 Å². The predicted molar refractivity (Wildman–Crippen MR) is 127 cm³/mol. The quantitative estimate of drug-likeness (QED) is 0.289. The molecule has 0 aliphatic rings. The largest absolute Gasteiger partial charge is 0.497 e. The van der Waals surface area contributed by atoms with Crippen LogP contribution in [0.5, 0.6) is 5.75 Å². The summed E-state index contributed by atoms with van der Waals surface area (Å²) < 4.78 is 20.0. The molecule has 0 atom stereocenters. The van der Waals surface area contributed by atoms with Gasteiger partial charge in [0, 0.05) is 18.7 Å². The van der Waals surface area contributed by atoms with E-state index in [-0.39, 0.29) is 30.4 Å². The van der Waals surface area contributed by atoms with Gasteiger partial charge in [-0.05, 0) is 48.5 Å². The molecule has 2 amide bonds. The van der Waals surface area contributed by atoms with Crippen LogP contribution in [-0.4, -0.2) is 51.0 Å². The van der Waals surface area contributed by atoms with Crippen molar-refractivity contribution in [1.82, 2.24) is 19.7 Å². The molecule has 174 valence electrons. The molecule has 9 nitrogen and oxygen atoms in total. The Morgan fingerprint density at radius 1 is 1.12 bits per heavy atom. The van der Waals surface area contributed by atoms with Crippen LogP contribution in [0.25, 0.3) is 16.7 Å². The third kappa shape index (κ3) is 5.15. The molecule has 2 heterocycles. The van der Waals surface area contributed by atoms with Crippen molar-refractivity contribution in [1.29, 1.82) is 0 Å². The number of carbonyl (C=O) groups excluding carboxylic acids is 2. The van der Waals surface area contributed by atoms with Crippen molar-refractivity contribution in [2.24, 2.45) is 5.73 Å². The molecule has 2 N–H and O–H groups in total. The second kappa shape index (κ2) is 10.3. The van der Waals surface area contributed by atoms with E-state index in [2.05, 4.69) is 15.1 Å². The fraction of sp³-hybridized carbons (Fsp3) is 0.174. The zero-order chi connectivity index (χ0) is 24.1. The molecule has 2 aromatic carbocycles. The molecule has 4 rings (SSSR count). The number of halogens is 1. The van der Waals surface area contributed by atoms with E-state index >= 15 is 0 Å². The van der Waals surface area contributed by atoms with Gasteiger partial charge in [-0.25, -0.2) is 19.0 Å². The average molecular weight is 481 g/mol. The first-order valence-corrected chi connectivity index (χ1v) is 11.2. The first-order chi connectivity index (χ1) is 16.5. The van der Waals surface area contributed by atoms with E-state index in [9.17, 15) is 14.0 Å². The van der Waals surface area contributed by atoms with Gasteiger partial charge in [-0.3, -0.25) is 9.59 Å². The minimum atomic E-state index is -0.496. The van der Waals surface area contributed by atoms with E-state index in [1.807, 2.05) is 0 Å². The van der Waals surface area contributed by atoms with Crippen LogP contribution in [0, 0.1) is 5.82 Å². The maximum absolute atomic E-state index is 13.3. The molecule has 0 fully saturated rings. The Morgan fingerprint density at radius 3 is 2.53 bits per heavy atom. The predicted octanol–water partition coefficient (Wildman–Crippen LogP) is 2.96. The number of ether oxygens (including phenoxy) is 1. The summed E-state index contributed by atoms with van der Waals surface area (Å²) in [6.45, 7) is 0.155. The molecule has 0 aliphatic heterocycles. The third-order valence-electron chi connectivity index (χ3n) is 5.00. The smallest absolute Gasteiger partial charge is 0.237 e. The number of fused-ring (bicyclic) bond motifs is 1. The minimum Gasteiger partial charge on any atom is -0.497 e. The molecule has 34 heavy (non-hydrogen) atoms. The lowest BCUT2D eigenvalue weighted by Gasteiger charge is -2.22. The van der Waals surface area contributed by atoms with Crippen molar-refractivity contribution >= 4 is 40.3 Å². The SMILES string of the molecule is COc1ccc(N(CCC(N)=O)C(=O)CSc2ncnc3c2cnn3-c2ccc(F)cc2)cc1. The summed E-state index contributed by atoms with van der Waals surface area (Å²) in [7, 11) is 1.56. The zero-order valence-electron chi connectivity index (χ0n) is 18.2. The topological polar surface area (TPSA) is 116 Å². The second-order valence-electron chi connectivity index (χ2n) is 7.20. The normalized spacial score (nSPS) is 10.9. The van der Waals surface area contributed by atoms with Crippen LogP contribution in [0.1, 0.15) is 6.42 Å². The first-order valence-electron chi connectivity index (χ1n) is 10.3. The molecule has 0 saturated carbocycles. The van der Waals surface area contributed by atoms with Gasteiger partial charge >= 0.3 is 0 Å². The van der Waals surface area contributed by atoms with Gasteiger partial charge in [0.25, 0.3) is 0 Å². The van der Waals surface area contributed by atoms with Crippen LogP contribution in [-0.2, 0) is 9.59 Å². The van der Waals surface area contributed by atoms with E-state index in [1.165, 1.54) is 35.1 Å². The van der Waals surface area contributed by atoms with Gasteiger partial charge in [-0.2, -0.15) is 5.10 Å². The number of nitrogens with zero attached hydrogens (tertiary/aromatic N) is 5. The number of anilines is 1. The van der Waals surface area contributed by atoms with Gasteiger partial charge in [0.1, 0.15) is 22.9 Å². The minimum absolute atomic E-state index is 0.0324. The highest BCUT2D eigenvalue weighted by Crippen LogP contribution is 2.27. The molecule has 0 radical (unpaired) electrons. The van der Waals surface area contributed by atoms with Crippen molar-refractivity contribution in [2.75, 3.05) is 24.3 Å². The molecular weight excluding hydrogens is 459 g/mol. The molecule has 4 aromatic rings. The van der Waals surface area contributed by atoms with E-state index < -0.39 is 5.91 Å². The molecule has 0 spiro atoms. The number of rotatable bonds is 9.